The zero-order valence-corrected chi connectivity index (χ0v) is 15.8. The predicted octanol–water partition coefficient (Wildman–Crippen LogP) is 4.98. The van der Waals surface area contributed by atoms with Crippen LogP contribution in [0.4, 0.5) is 0 Å². The van der Waals surface area contributed by atoms with Crippen molar-refractivity contribution in [1.82, 2.24) is 0 Å². The molecule has 2 rings (SSSR count). The van der Waals surface area contributed by atoms with Crippen molar-refractivity contribution in [2.24, 2.45) is 5.92 Å². The van der Waals surface area contributed by atoms with Crippen LogP contribution in [-0.4, -0.2) is 23.7 Å². The molecule has 27 heavy (non-hydrogen) atoms. The van der Waals surface area contributed by atoms with Gasteiger partial charge in [-0.25, -0.2) is 9.59 Å². The number of carbonyl (C=O) groups is 2. The van der Waals surface area contributed by atoms with E-state index in [0.29, 0.717) is 12.5 Å². The number of esters is 2. The Hall–Kier alpha value is -2.82. The third-order valence-corrected chi connectivity index (χ3v) is 4.43. The minimum Gasteiger partial charge on any atom is -0.507 e. The Labute approximate surface area is 159 Å². The molecule has 1 N–H and O–H groups in total. The highest BCUT2D eigenvalue weighted by atomic mass is 16.5. The minimum atomic E-state index is -0.734. The molecule has 0 amide bonds. The van der Waals surface area contributed by atoms with Crippen molar-refractivity contribution in [3.05, 3.63) is 59.7 Å². The zero-order valence-electron chi connectivity index (χ0n) is 15.8. The van der Waals surface area contributed by atoms with Gasteiger partial charge in [-0.15, -0.1) is 0 Å². The Bertz CT molecular complexity index is 769. The first-order chi connectivity index (χ1) is 13.1. The highest BCUT2D eigenvalue weighted by molar-refractivity contribution is 5.97. The van der Waals surface area contributed by atoms with E-state index in [4.69, 9.17) is 9.47 Å². The number of benzene rings is 2. The first-order valence-corrected chi connectivity index (χ1v) is 9.33. The fourth-order valence-corrected chi connectivity index (χ4v) is 2.69. The van der Waals surface area contributed by atoms with Gasteiger partial charge in [-0.05, 0) is 36.6 Å². The molecule has 5 heteroatoms. The molecule has 0 saturated heterocycles. The van der Waals surface area contributed by atoms with Crippen LogP contribution in [0.5, 0.6) is 11.5 Å². The second kappa shape index (κ2) is 10.4. The van der Waals surface area contributed by atoms with Crippen molar-refractivity contribution < 1.29 is 24.2 Å². The summed E-state index contributed by atoms with van der Waals surface area (Å²) in [5, 5.41) is 9.79. The van der Waals surface area contributed by atoms with Crippen LogP contribution in [0.25, 0.3) is 0 Å². The fraction of sp³-hybridized carbons (Fsp3) is 0.364. The van der Waals surface area contributed by atoms with Gasteiger partial charge >= 0.3 is 11.9 Å². The van der Waals surface area contributed by atoms with Crippen molar-refractivity contribution in [1.29, 1.82) is 0 Å². The van der Waals surface area contributed by atoms with Crippen LogP contribution in [0, 0.1) is 5.92 Å². The standard InChI is InChI=1S/C22H26O5/c1-3-5-10-16(4-2)15-26-21(24)18-12-7-9-14-20(18)27-22(25)17-11-6-8-13-19(17)23/h6-9,11-14,16,23H,3-5,10,15H2,1-2H3. The molecule has 144 valence electrons. The Morgan fingerprint density at radius 3 is 2.30 bits per heavy atom. The lowest BCUT2D eigenvalue weighted by molar-refractivity contribution is 0.0423. The summed E-state index contributed by atoms with van der Waals surface area (Å²) < 4.78 is 10.8. The van der Waals surface area contributed by atoms with Crippen LogP contribution in [0.2, 0.25) is 0 Å². The number of ether oxygens (including phenoxy) is 2. The van der Waals surface area contributed by atoms with Crippen molar-refractivity contribution in [2.75, 3.05) is 6.61 Å². The third kappa shape index (κ3) is 5.84. The van der Waals surface area contributed by atoms with E-state index in [-0.39, 0.29) is 22.6 Å². The Morgan fingerprint density at radius 2 is 1.63 bits per heavy atom. The molecule has 0 spiro atoms. The molecule has 0 bridgehead atoms. The van der Waals surface area contributed by atoms with E-state index in [0.717, 1.165) is 25.7 Å². The van der Waals surface area contributed by atoms with Gasteiger partial charge in [0.05, 0.1) is 6.61 Å². The second-order valence-electron chi connectivity index (χ2n) is 6.42. The molecule has 0 saturated carbocycles. The van der Waals surface area contributed by atoms with E-state index in [9.17, 15) is 14.7 Å². The van der Waals surface area contributed by atoms with Crippen molar-refractivity contribution in [2.45, 2.75) is 39.5 Å². The normalized spacial score (nSPS) is 11.6. The average molecular weight is 370 g/mol. The number of aromatic hydroxyl groups is 1. The summed E-state index contributed by atoms with van der Waals surface area (Å²) in [6, 6.07) is 12.5. The molecule has 0 heterocycles. The van der Waals surface area contributed by atoms with E-state index in [1.165, 1.54) is 18.2 Å². The summed E-state index contributed by atoms with van der Waals surface area (Å²) in [5.41, 5.74) is 0.220. The average Bonchev–Trinajstić information content (AvgIpc) is 2.68. The number of hydrogen-bond acceptors (Lipinski definition) is 5. The first kappa shape index (κ1) is 20.5. The van der Waals surface area contributed by atoms with Gasteiger partial charge in [-0.3, -0.25) is 0 Å². The molecule has 0 fully saturated rings. The lowest BCUT2D eigenvalue weighted by Crippen LogP contribution is -2.16. The molecule has 0 aliphatic heterocycles. The third-order valence-electron chi connectivity index (χ3n) is 4.43. The summed E-state index contributed by atoms with van der Waals surface area (Å²) in [7, 11) is 0. The highest BCUT2D eigenvalue weighted by Crippen LogP contribution is 2.24. The summed E-state index contributed by atoms with van der Waals surface area (Å²) in [6.07, 6.45) is 4.17. The topological polar surface area (TPSA) is 72.8 Å². The maximum Gasteiger partial charge on any atom is 0.347 e. The molecule has 5 nitrogen and oxygen atoms in total. The Balaban J connectivity index is 2.07. The second-order valence-corrected chi connectivity index (χ2v) is 6.42. The maximum atomic E-state index is 12.5. The quantitative estimate of drug-likeness (QED) is 0.497. The van der Waals surface area contributed by atoms with Crippen molar-refractivity contribution >= 4 is 11.9 Å². The van der Waals surface area contributed by atoms with Gasteiger partial charge in [0.2, 0.25) is 0 Å². The summed E-state index contributed by atoms with van der Waals surface area (Å²) >= 11 is 0. The summed E-state index contributed by atoms with van der Waals surface area (Å²) in [4.78, 5) is 24.8. The van der Waals surface area contributed by atoms with Crippen molar-refractivity contribution in [3.8, 4) is 11.5 Å². The molecule has 0 aliphatic carbocycles. The van der Waals surface area contributed by atoms with Gasteiger partial charge in [-0.2, -0.15) is 0 Å². The molecular weight excluding hydrogens is 344 g/mol. The van der Waals surface area contributed by atoms with Gasteiger partial charge in [0.15, 0.2) is 0 Å². The number of para-hydroxylation sites is 2. The minimum absolute atomic E-state index is 0.0336. The molecule has 1 unspecified atom stereocenters. The van der Waals surface area contributed by atoms with Gasteiger partial charge in [0.25, 0.3) is 0 Å². The largest absolute Gasteiger partial charge is 0.507 e. The lowest BCUT2D eigenvalue weighted by atomic mass is 10.0. The number of phenolic OH excluding ortho intramolecular Hbond substituents is 1. The van der Waals surface area contributed by atoms with E-state index < -0.39 is 11.9 Å². The van der Waals surface area contributed by atoms with Gasteiger partial charge in [0.1, 0.15) is 22.6 Å². The SMILES string of the molecule is CCCCC(CC)COC(=O)c1ccccc1OC(=O)c1ccccc1O. The van der Waals surface area contributed by atoms with Crippen LogP contribution in [0.15, 0.2) is 48.5 Å². The fourth-order valence-electron chi connectivity index (χ4n) is 2.69. The lowest BCUT2D eigenvalue weighted by Gasteiger charge is -2.15. The molecule has 0 aromatic heterocycles. The number of unbranched alkanes of at least 4 members (excludes halogenated alkanes) is 1. The smallest absolute Gasteiger partial charge is 0.347 e. The molecule has 2 aromatic carbocycles. The molecule has 0 aliphatic rings. The van der Waals surface area contributed by atoms with Crippen LogP contribution in [0.3, 0.4) is 0 Å². The van der Waals surface area contributed by atoms with Crippen LogP contribution >= 0.6 is 0 Å². The molecular formula is C22H26O5. The number of carbonyl (C=O) groups excluding carboxylic acids is 2. The molecule has 1 atom stereocenters. The first-order valence-electron chi connectivity index (χ1n) is 9.33. The van der Waals surface area contributed by atoms with Crippen LogP contribution in [-0.2, 0) is 4.74 Å². The number of hydrogen-bond donors (Lipinski definition) is 1. The van der Waals surface area contributed by atoms with Gasteiger partial charge in [-0.1, -0.05) is 57.4 Å². The van der Waals surface area contributed by atoms with Crippen molar-refractivity contribution in [3.63, 3.8) is 0 Å². The summed E-state index contributed by atoms with van der Waals surface area (Å²) in [6.45, 7) is 4.56. The predicted molar refractivity (Wildman–Crippen MR) is 103 cm³/mol. The van der Waals surface area contributed by atoms with E-state index in [2.05, 4.69) is 13.8 Å². The highest BCUT2D eigenvalue weighted by Gasteiger charge is 2.19. The van der Waals surface area contributed by atoms with Crippen LogP contribution in [0.1, 0.15) is 60.2 Å². The van der Waals surface area contributed by atoms with Gasteiger partial charge < -0.3 is 14.6 Å². The molecule has 2 aromatic rings. The van der Waals surface area contributed by atoms with E-state index >= 15 is 0 Å². The van der Waals surface area contributed by atoms with E-state index in [1.54, 1.807) is 30.3 Å². The monoisotopic (exact) mass is 370 g/mol. The zero-order chi connectivity index (χ0) is 19.6. The van der Waals surface area contributed by atoms with Gasteiger partial charge in [0, 0.05) is 0 Å². The number of phenols is 1. The Morgan fingerprint density at radius 1 is 0.963 bits per heavy atom. The Kier molecular flexibility index (Phi) is 7.86. The van der Waals surface area contributed by atoms with E-state index in [1.807, 2.05) is 0 Å². The number of rotatable bonds is 9. The maximum absolute atomic E-state index is 12.5. The molecule has 0 radical (unpaired) electrons. The van der Waals surface area contributed by atoms with Crippen LogP contribution < -0.4 is 4.74 Å². The summed E-state index contributed by atoms with van der Waals surface area (Å²) in [5.74, 6) is -1.00.